The van der Waals surface area contributed by atoms with Gasteiger partial charge in [-0.05, 0) is 54.1 Å². The van der Waals surface area contributed by atoms with Gasteiger partial charge in [-0.3, -0.25) is 4.79 Å². The molecule has 0 fully saturated rings. The van der Waals surface area contributed by atoms with Crippen LogP contribution in [0.3, 0.4) is 0 Å². The molecule has 0 radical (unpaired) electrons. The maximum Gasteiger partial charge on any atom is 0.416 e. The summed E-state index contributed by atoms with van der Waals surface area (Å²) in [4.78, 5) is 12.4. The smallest absolute Gasteiger partial charge is 0.416 e. The van der Waals surface area contributed by atoms with E-state index in [0.717, 1.165) is 17.7 Å². The number of carbonyl (C=O) groups is 1. The van der Waals surface area contributed by atoms with Crippen LogP contribution in [0.5, 0.6) is 5.75 Å². The zero-order chi connectivity index (χ0) is 24.0. The molecule has 0 unspecified atom stereocenters. The van der Waals surface area contributed by atoms with E-state index in [0.29, 0.717) is 21.4 Å². The molecule has 3 aromatic carbocycles. The van der Waals surface area contributed by atoms with E-state index < -0.39 is 17.6 Å². The zero-order valence-electron chi connectivity index (χ0n) is 16.8. The van der Waals surface area contributed by atoms with Crippen LogP contribution in [0, 0.1) is 11.3 Å². The Hall–Kier alpha value is -3.47. The van der Waals surface area contributed by atoms with Gasteiger partial charge in [-0.2, -0.15) is 18.4 Å². The highest BCUT2D eigenvalue weighted by Crippen LogP contribution is 2.31. The van der Waals surface area contributed by atoms with E-state index in [1.807, 2.05) is 0 Å². The van der Waals surface area contributed by atoms with Crippen molar-refractivity contribution in [2.75, 3.05) is 5.32 Å². The van der Waals surface area contributed by atoms with E-state index in [1.165, 1.54) is 18.2 Å². The fourth-order valence-corrected chi connectivity index (χ4v) is 3.24. The number of rotatable bonds is 6. The third-order valence-corrected chi connectivity index (χ3v) is 4.98. The number of anilines is 1. The Labute approximate surface area is 197 Å². The van der Waals surface area contributed by atoms with Crippen LogP contribution in [0.2, 0.25) is 10.0 Å². The largest absolute Gasteiger partial charge is 0.489 e. The van der Waals surface area contributed by atoms with Crippen molar-refractivity contribution in [2.45, 2.75) is 12.8 Å². The van der Waals surface area contributed by atoms with Gasteiger partial charge in [0.2, 0.25) is 0 Å². The van der Waals surface area contributed by atoms with Crippen LogP contribution in [0.1, 0.15) is 16.7 Å². The molecule has 0 heterocycles. The number of benzene rings is 3. The number of nitrogens with zero attached hydrogens (tertiary/aromatic N) is 1. The topological polar surface area (TPSA) is 62.1 Å². The summed E-state index contributed by atoms with van der Waals surface area (Å²) >= 11 is 12.0. The molecule has 3 rings (SSSR count). The van der Waals surface area contributed by atoms with Gasteiger partial charge in [-0.25, -0.2) is 0 Å². The van der Waals surface area contributed by atoms with Crippen LogP contribution >= 0.6 is 23.2 Å². The quantitative estimate of drug-likeness (QED) is 0.295. The van der Waals surface area contributed by atoms with Crippen LogP contribution in [-0.2, 0) is 17.6 Å². The van der Waals surface area contributed by atoms with Crippen molar-refractivity contribution in [3.63, 3.8) is 0 Å². The van der Waals surface area contributed by atoms with Gasteiger partial charge in [0.25, 0.3) is 5.91 Å². The Morgan fingerprint density at radius 1 is 1.06 bits per heavy atom. The maximum atomic E-state index is 12.9. The van der Waals surface area contributed by atoms with Gasteiger partial charge in [0.15, 0.2) is 0 Å². The van der Waals surface area contributed by atoms with Gasteiger partial charge in [-0.15, -0.1) is 0 Å². The molecule has 0 saturated carbocycles. The molecule has 168 valence electrons. The van der Waals surface area contributed by atoms with E-state index in [-0.39, 0.29) is 17.9 Å². The van der Waals surface area contributed by atoms with Crippen molar-refractivity contribution in [2.24, 2.45) is 0 Å². The highest BCUT2D eigenvalue weighted by molar-refractivity contribution is 6.35. The average molecular weight is 491 g/mol. The van der Waals surface area contributed by atoms with Gasteiger partial charge in [-0.1, -0.05) is 47.5 Å². The first-order chi connectivity index (χ1) is 15.7. The number of amides is 1. The molecule has 9 heteroatoms. The Morgan fingerprint density at radius 2 is 1.82 bits per heavy atom. The second-order valence-electron chi connectivity index (χ2n) is 6.80. The van der Waals surface area contributed by atoms with E-state index in [2.05, 4.69) is 5.32 Å². The molecule has 0 atom stereocenters. The Morgan fingerprint density at radius 3 is 2.52 bits per heavy atom. The average Bonchev–Trinajstić information content (AvgIpc) is 2.76. The summed E-state index contributed by atoms with van der Waals surface area (Å²) in [5, 5.41) is 12.6. The summed E-state index contributed by atoms with van der Waals surface area (Å²) in [6.07, 6.45) is -3.24. The summed E-state index contributed by atoms with van der Waals surface area (Å²) < 4.78 is 44.3. The minimum Gasteiger partial charge on any atom is -0.489 e. The van der Waals surface area contributed by atoms with Crippen molar-refractivity contribution < 1.29 is 22.7 Å². The second kappa shape index (κ2) is 10.4. The Balaban J connectivity index is 1.73. The first-order valence-corrected chi connectivity index (χ1v) is 10.2. The highest BCUT2D eigenvalue weighted by atomic mass is 35.5. The van der Waals surface area contributed by atoms with Crippen LogP contribution in [0.4, 0.5) is 18.9 Å². The van der Waals surface area contributed by atoms with Crippen LogP contribution in [0.25, 0.3) is 6.08 Å². The normalized spacial score (nSPS) is 11.6. The molecule has 4 nitrogen and oxygen atoms in total. The second-order valence-corrected chi connectivity index (χ2v) is 7.64. The van der Waals surface area contributed by atoms with E-state index in [9.17, 15) is 23.2 Å². The van der Waals surface area contributed by atoms with Crippen LogP contribution in [0.15, 0.2) is 72.3 Å². The standard InChI is InChI=1S/C24H15Cl2F3N2O2/c25-19-8-7-16(22(26)12-19)14-33-21-6-1-3-15(10-21)9-17(13-30)23(32)31-20-5-2-4-18(11-20)24(27,28)29/h1-12H,14H2,(H,31,32)/b17-9-. The zero-order valence-corrected chi connectivity index (χ0v) is 18.3. The predicted octanol–water partition coefficient (Wildman–Crippen LogP) is 7.14. The molecule has 1 N–H and O–H groups in total. The molecular weight excluding hydrogens is 476 g/mol. The van der Waals surface area contributed by atoms with Gasteiger partial charge < -0.3 is 10.1 Å². The van der Waals surface area contributed by atoms with E-state index >= 15 is 0 Å². The maximum absolute atomic E-state index is 12.9. The summed E-state index contributed by atoms with van der Waals surface area (Å²) in [6, 6.07) is 17.6. The summed E-state index contributed by atoms with van der Waals surface area (Å²) in [6.45, 7) is 0.171. The molecule has 0 aromatic heterocycles. The number of alkyl halides is 3. The van der Waals surface area contributed by atoms with Crippen LogP contribution < -0.4 is 10.1 Å². The lowest BCUT2D eigenvalue weighted by atomic mass is 10.1. The SMILES string of the molecule is N#C/C(=C/c1cccc(OCc2ccc(Cl)cc2Cl)c1)C(=O)Nc1cccc(C(F)(F)F)c1. The molecule has 0 aliphatic carbocycles. The molecule has 0 aliphatic heterocycles. The monoisotopic (exact) mass is 490 g/mol. The molecule has 0 aliphatic rings. The van der Waals surface area contributed by atoms with Crippen molar-refractivity contribution >= 4 is 40.9 Å². The first-order valence-electron chi connectivity index (χ1n) is 9.43. The molecular formula is C24H15Cl2F3N2O2. The lowest BCUT2D eigenvalue weighted by molar-refractivity contribution is -0.137. The minimum atomic E-state index is -4.55. The lowest BCUT2D eigenvalue weighted by Crippen LogP contribution is -2.14. The molecule has 0 bridgehead atoms. The molecule has 3 aromatic rings. The van der Waals surface area contributed by atoms with Crippen molar-refractivity contribution in [1.82, 2.24) is 0 Å². The number of halogens is 5. The minimum absolute atomic E-state index is 0.0760. The number of nitrogens with one attached hydrogen (secondary N) is 1. The lowest BCUT2D eigenvalue weighted by Gasteiger charge is -2.10. The number of ether oxygens (including phenoxy) is 1. The van der Waals surface area contributed by atoms with Gasteiger partial charge in [0.05, 0.1) is 5.56 Å². The molecule has 0 saturated heterocycles. The van der Waals surface area contributed by atoms with E-state index in [4.69, 9.17) is 27.9 Å². The Bertz CT molecular complexity index is 1250. The van der Waals surface area contributed by atoms with Gasteiger partial charge in [0.1, 0.15) is 24.0 Å². The summed E-state index contributed by atoms with van der Waals surface area (Å²) in [5.74, 6) is -0.374. The van der Waals surface area contributed by atoms with Gasteiger partial charge >= 0.3 is 6.18 Å². The molecule has 33 heavy (non-hydrogen) atoms. The third-order valence-electron chi connectivity index (χ3n) is 4.39. The predicted molar refractivity (Wildman–Crippen MR) is 121 cm³/mol. The number of nitriles is 1. The first kappa shape index (κ1) is 24.2. The third kappa shape index (κ3) is 6.75. The number of carbonyl (C=O) groups excluding carboxylic acids is 1. The number of hydrogen-bond acceptors (Lipinski definition) is 3. The van der Waals surface area contributed by atoms with Gasteiger partial charge in [0, 0.05) is 21.3 Å². The fourth-order valence-electron chi connectivity index (χ4n) is 2.78. The molecule has 0 spiro atoms. The Kier molecular flexibility index (Phi) is 7.64. The molecule has 1 amide bonds. The van der Waals surface area contributed by atoms with Crippen molar-refractivity contribution in [3.05, 3.63) is 99.0 Å². The summed E-state index contributed by atoms with van der Waals surface area (Å²) in [7, 11) is 0. The van der Waals surface area contributed by atoms with E-state index in [1.54, 1.807) is 48.5 Å². The van der Waals surface area contributed by atoms with Crippen molar-refractivity contribution in [1.29, 1.82) is 5.26 Å². The fraction of sp³-hybridized carbons (Fsp3) is 0.0833. The summed E-state index contributed by atoms with van der Waals surface area (Å²) in [5.41, 5.74) is -0.0581. The number of hydrogen-bond donors (Lipinski definition) is 1. The van der Waals surface area contributed by atoms with Crippen LogP contribution in [-0.4, -0.2) is 5.91 Å². The van der Waals surface area contributed by atoms with Crippen molar-refractivity contribution in [3.8, 4) is 11.8 Å². The highest BCUT2D eigenvalue weighted by Gasteiger charge is 2.30.